The summed E-state index contributed by atoms with van der Waals surface area (Å²) in [6.45, 7) is 2.32. The van der Waals surface area contributed by atoms with Crippen LogP contribution in [0.25, 0.3) is 10.9 Å². The maximum absolute atomic E-state index is 13.3. The lowest BCUT2D eigenvalue weighted by Crippen LogP contribution is -2.01. The van der Waals surface area contributed by atoms with Gasteiger partial charge in [0.05, 0.1) is 19.1 Å². The molecular weight excluding hydrogens is 318 g/mol. The summed E-state index contributed by atoms with van der Waals surface area (Å²) >= 11 is 0. The third-order valence-electron chi connectivity index (χ3n) is 3.26. The topological polar surface area (TPSA) is 69.2 Å². The second-order valence-corrected chi connectivity index (χ2v) is 4.87. The molecule has 0 amide bonds. The fourth-order valence-corrected chi connectivity index (χ4v) is 2.27. The molecule has 0 aliphatic rings. The van der Waals surface area contributed by atoms with E-state index in [1.165, 1.54) is 7.11 Å². The summed E-state index contributed by atoms with van der Waals surface area (Å²) in [6, 6.07) is 6.45. The number of rotatable bonds is 5. The summed E-state index contributed by atoms with van der Waals surface area (Å²) in [4.78, 5) is 0. The van der Waals surface area contributed by atoms with Gasteiger partial charge < -0.3 is 14.8 Å². The molecule has 0 atom stereocenters. The van der Waals surface area contributed by atoms with Gasteiger partial charge in [0, 0.05) is 17.8 Å². The van der Waals surface area contributed by atoms with Gasteiger partial charge in [0.1, 0.15) is 17.2 Å². The van der Waals surface area contributed by atoms with Crippen molar-refractivity contribution >= 4 is 22.4 Å². The van der Waals surface area contributed by atoms with Gasteiger partial charge in [-0.15, -0.1) is 10.2 Å². The van der Waals surface area contributed by atoms with Crippen molar-refractivity contribution in [3.05, 3.63) is 42.0 Å². The van der Waals surface area contributed by atoms with E-state index in [-0.39, 0.29) is 5.69 Å². The fraction of sp³-hybridized carbons (Fsp3) is 0.188. The van der Waals surface area contributed by atoms with Gasteiger partial charge in [0.15, 0.2) is 17.3 Å². The summed E-state index contributed by atoms with van der Waals surface area (Å²) in [5, 5.41) is 14.9. The lowest BCUT2D eigenvalue weighted by Gasteiger charge is -2.12. The van der Waals surface area contributed by atoms with Crippen molar-refractivity contribution < 1.29 is 18.3 Å². The van der Waals surface area contributed by atoms with E-state index < -0.39 is 11.6 Å². The highest BCUT2D eigenvalue weighted by Gasteiger charge is 2.13. The number of aromatic nitrogens is 3. The van der Waals surface area contributed by atoms with Crippen LogP contribution in [0.1, 0.15) is 6.92 Å². The van der Waals surface area contributed by atoms with Crippen LogP contribution in [0.3, 0.4) is 0 Å². The van der Waals surface area contributed by atoms with Crippen LogP contribution in [-0.2, 0) is 0 Å². The third-order valence-corrected chi connectivity index (χ3v) is 3.26. The summed E-state index contributed by atoms with van der Waals surface area (Å²) < 4.78 is 37.5. The highest BCUT2D eigenvalue weighted by atomic mass is 19.1. The lowest BCUT2D eigenvalue weighted by atomic mass is 10.2. The number of fused-ring (bicyclic) bond motifs is 1. The molecule has 3 aromatic rings. The highest BCUT2D eigenvalue weighted by molar-refractivity contribution is 5.92. The van der Waals surface area contributed by atoms with E-state index in [1.807, 2.05) is 6.92 Å². The second kappa shape index (κ2) is 6.61. The molecule has 0 bridgehead atoms. The largest absolute Gasteiger partial charge is 0.493 e. The van der Waals surface area contributed by atoms with Crippen molar-refractivity contribution in [2.75, 3.05) is 19.0 Å². The number of hydrogen-bond acceptors (Lipinski definition) is 6. The van der Waals surface area contributed by atoms with Crippen molar-refractivity contribution in [2.45, 2.75) is 6.92 Å². The molecule has 1 N–H and O–H groups in total. The Hall–Kier alpha value is -3.03. The van der Waals surface area contributed by atoms with Crippen LogP contribution >= 0.6 is 0 Å². The number of ether oxygens (including phenoxy) is 2. The number of halogens is 2. The lowest BCUT2D eigenvalue weighted by molar-refractivity contribution is 0.311. The average Bonchev–Trinajstić information content (AvgIpc) is 2.54. The van der Waals surface area contributed by atoms with Crippen molar-refractivity contribution in [2.24, 2.45) is 0 Å². The molecule has 0 spiro atoms. The maximum atomic E-state index is 13.3. The smallest absolute Gasteiger partial charge is 0.164 e. The minimum Gasteiger partial charge on any atom is -0.493 e. The van der Waals surface area contributed by atoms with Gasteiger partial charge in [-0.1, -0.05) is 0 Å². The Labute approximate surface area is 136 Å². The molecule has 8 heteroatoms. The predicted octanol–water partition coefficient (Wildman–Crippen LogP) is 3.45. The molecule has 0 radical (unpaired) electrons. The number of anilines is 2. The molecule has 0 saturated carbocycles. The molecule has 24 heavy (non-hydrogen) atoms. The van der Waals surface area contributed by atoms with Crippen LogP contribution < -0.4 is 14.8 Å². The van der Waals surface area contributed by atoms with Crippen LogP contribution in [0.5, 0.6) is 11.5 Å². The van der Waals surface area contributed by atoms with Crippen LogP contribution in [-0.4, -0.2) is 29.1 Å². The summed E-state index contributed by atoms with van der Waals surface area (Å²) in [5.74, 6) is -0.0743. The molecule has 3 rings (SSSR count). The zero-order valence-corrected chi connectivity index (χ0v) is 13.0. The quantitative estimate of drug-likeness (QED) is 0.772. The zero-order valence-electron chi connectivity index (χ0n) is 13.0. The average molecular weight is 332 g/mol. The summed E-state index contributed by atoms with van der Waals surface area (Å²) in [6.07, 6.45) is 0. The highest BCUT2D eigenvalue weighted by Crippen LogP contribution is 2.34. The minimum atomic E-state index is -0.694. The third kappa shape index (κ3) is 3.17. The SMILES string of the molecule is CCOc1cc2nnnc(Nc3cc(F)cc(F)c3)c2cc1OC. The van der Waals surface area contributed by atoms with Crippen molar-refractivity contribution in [1.82, 2.24) is 15.4 Å². The normalized spacial score (nSPS) is 10.7. The van der Waals surface area contributed by atoms with E-state index in [1.54, 1.807) is 12.1 Å². The van der Waals surface area contributed by atoms with E-state index in [2.05, 4.69) is 20.7 Å². The summed E-state index contributed by atoms with van der Waals surface area (Å²) in [5.41, 5.74) is 0.718. The molecule has 2 aromatic carbocycles. The first-order chi connectivity index (χ1) is 11.6. The van der Waals surface area contributed by atoms with Crippen molar-refractivity contribution in [1.29, 1.82) is 0 Å². The molecule has 1 heterocycles. The van der Waals surface area contributed by atoms with Crippen molar-refractivity contribution in [3.63, 3.8) is 0 Å². The van der Waals surface area contributed by atoms with Crippen LogP contribution in [0, 0.1) is 11.6 Å². The van der Waals surface area contributed by atoms with E-state index in [4.69, 9.17) is 9.47 Å². The first-order valence-corrected chi connectivity index (χ1v) is 7.17. The molecule has 0 aliphatic carbocycles. The number of methoxy groups -OCH3 is 1. The molecule has 6 nitrogen and oxygen atoms in total. The Kier molecular flexibility index (Phi) is 4.37. The molecule has 124 valence electrons. The van der Waals surface area contributed by atoms with Gasteiger partial charge in [0.2, 0.25) is 0 Å². The van der Waals surface area contributed by atoms with Crippen LogP contribution in [0.2, 0.25) is 0 Å². The molecule has 0 unspecified atom stereocenters. The first kappa shape index (κ1) is 15.9. The Morgan fingerprint density at radius 1 is 1.00 bits per heavy atom. The molecule has 0 fully saturated rings. The molecule has 0 saturated heterocycles. The predicted molar refractivity (Wildman–Crippen MR) is 84.7 cm³/mol. The molecule has 0 aliphatic heterocycles. The van der Waals surface area contributed by atoms with E-state index in [0.29, 0.717) is 34.8 Å². The van der Waals surface area contributed by atoms with Gasteiger partial charge in [-0.25, -0.2) is 8.78 Å². The number of benzene rings is 2. The first-order valence-electron chi connectivity index (χ1n) is 7.17. The van der Waals surface area contributed by atoms with Gasteiger partial charge in [-0.05, 0) is 30.3 Å². The Morgan fingerprint density at radius 2 is 1.75 bits per heavy atom. The Bertz CT molecular complexity index is 869. The monoisotopic (exact) mass is 332 g/mol. The van der Waals surface area contributed by atoms with E-state index in [9.17, 15) is 8.78 Å². The van der Waals surface area contributed by atoms with Gasteiger partial charge in [-0.2, -0.15) is 0 Å². The van der Waals surface area contributed by atoms with Gasteiger partial charge in [-0.3, -0.25) is 0 Å². The van der Waals surface area contributed by atoms with Gasteiger partial charge >= 0.3 is 0 Å². The summed E-state index contributed by atoms with van der Waals surface area (Å²) in [7, 11) is 1.51. The van der Waals surface area contributed by atoms with Crippen LogP contribution in [0.4, 0.5) is 20.3 Å². The zero-order chi connectivity index (χ0) is 17.1. The van der Waals surface area contributed by atoms with E-state index in [0.717, 1.165) is 18.2 Å². The standard InChI is InChI=1S/C16H14F2N4O2/c1-3-24-15-8-13-12(7-14(15)23-2)16(21-22-20-13)19-11-5-9(17)4-10(18)6-11/h4-8H,3H2,1-2H3,(H,19,20,21). The van der Waals surface area contributed by atoms with E-state index >= 15 is 0 Å². The fourth-order valence-electron chi connectivity index (χ4n) is 2.27. The minimum absolute atomic E-state index is 0.210. The number of nitrogens with one attached hydrogen (secondary N) is 1. The van der Waals surface area contributed by atoms with Crippen LogP contribution in [0.15, 0.2) is 30.3 Å². The Morgan fingerprint density at radius 3 is 2.42 bits per heavy atom. The molecule has 1 aromatic heterocycles. The molecular formula is C16H14F2N4O2. The maximum Gasteiger partial charge on any atom is 0.164 e. The van der Waals surface area contributed by atoms with Gasteiger partial charge in [0.25, 0.3) is 0 Å². The Balaban J connectivity index is 2.07. The number of hydrogen-bond donors (Lipinski definition) is 1. The van der Waals surface area contributed by atoms with Crippen molar-refractivity contribution in [3.8, 4) is 11.5 Å². The second-order valence-electron chi connectivity index (χ2n) is 4.87. The number of nitrogens with zero attached hydrogens (tertiary/aromatic N) is 3.